The van der Waals surface area contributed by atoms with Crippen LogP contribution < -0.4 is 10.2 Å². The van der Waals surface area contributed by atoms with E-state index >= 15 is 0 Å². The van der Waals surface area contributed by atoms with Crippen molar-refractivity contribution in [2.45, 2.75) is 6.42 Å². The van der Waals surface area contributed by atoms with Gasteiger partial charge in [-0.1, -0.05) is 18.2 Å². The minimum absolute atomic E-state index is 0.0368. The van der Waals surface area contributed by atoms with Crippen LogP contribution in [0.2, 0.25) is 0 Å². The van der Waals surface area contributed by atoms with Crippen LogP contribution in [-0.2, 0) is 11.2 Å². The molecule has 1 aliphatic rings. The smallest absolute Gasteiger partial charge is 0.267 e. The number of carbonyl (C=O) groups is 1. The van der Waals surface area contributed by atoms with E-state index in [9.17, 15) is 15.2 Å². The van der Waals surface area contributed by atoms with Gasteiger partial charge in [-0.05, 0) is 42.3 Å². The maximum absolute atomic E-state index is 12.2. The number of benzene rings is 2. The van der Waals surface area contributed by atoms with E-state index in [2.05, 4.69) is 5.32 Å². The molecule has 0 spiro atoms. The summed E-state index contributed by atoms with van der Waals surface area (Å²) in [6.07, 6.45) is 2.48. The maximum atomic E-state index is 12.2. The highest BCUT2D eigenvalue weighted by Crippen LogP contribution is 2.28. The number of aromatic hydroxyl groups is 1. The summed E-state index contributed by atoms with van der Waals surface area (Å²) in [4.78, 5) is 14.2. The second kappa shape index (κ2) is 6.24. The largest absolute Gasteiger partial charge is 0.508 e. The SMILES string of the molecule is N#C/C(=C/N1CCc2ccccc21)C(=O)Nc1ccc(O)cc1. The molecule has 2 N–H and O–H groups in total. The highest BCUT2D eigenvalue weighted by Gasteiger charge is 2.19. The predicted molar refractivity (Wildman–Crippen MR) is 87.9 cm³/mol. The standard InChI is InChI=1S/C18H15N3O2/c19-11-14(18(23)20-15-5-7-16(22)8-6-15)12-21-10-9-13-3-1-2-4-17(13)21/h1-8,12,22H,9-10H2,(H,20,23)/b14-12-. The van der Waals surface area contributed by atoms with Gasteiger partial charge in [-0.15, -0.1) is 0 Å². The third-order valence-corrected chi connectivity index (χ3v) is 3.70. The van der Waals surface area contributed by atoms with Crippen molar-refractivity contribution in [2.75, 3.05) is 16.8 Å². The molecule has 1 amide bonds. The van der Waals surface area contributed by atoms with Gasteiger partial charge in [0.05, 0.1) is 0 Å². The zero-order valence-electron chi connectivity index (χ0n) is 12.4. The molecular formula is C18H15N3O2. The van der Waals surface area contributed by atoms with E-state index in [1.165, 1.54) is 17.7 Å². The number of phenols is 1. The van der Waals surface area contributed by atoms with Gasteiger partial charge in [-0.2, -0.15) is 5.26 Å². The van der Waals surface area contributed by atoms with Crippen molar-refractivity contribution < 1.29 is 9.90 Å². The van der Waals surface area contributed by atoms with E-state index in [0.29, 0.717) is 5.69 Å². The first-order chi connectivity index (χ1) is 11.2. The number of phenolic OH excluding ortho intramolecular Hbond substituents is 1. The third kappa shape index (κ3) is 3.16. The highest BCUT2D eigenvalue weighted by molar-refractivity contribution is 6.06. The Labute approximate surface area is 134 Å². The van der Waals surface area contributed by atoms with Crippen molar-refractivity contribution >= 4 is 17.3 Å². The molecule has 23 heavy (non-hydrogen) atoms. The fraction of sp³-hybridized carbons (Fsp3) is 0.111. The summed E-state index contributed by atoms with van der Waals surface area (Å²) in [5, 5.41) is 21.2. The Bertz CT molecular complexity index is 804. The first kappa shape index (κ1) is 14.7. The van der Waals surface area contributed by atoms with E-state index in [1.54, 1.807) is 18.3 Å². The van der Waals surface area contributed by atoms with E-state index in [1.807, 2.05) is 35.2 Å². The summed E-state index contributed by atoms with van der Waals surface area (Å²) < 4.78 is 0. The molecule has 0 aliphatic carbocycles. The number of anilines is 2. The lowest BCUT2D eigenvalue weighted by Crippen LogP contribution is -2.19. The topological polar surface area (TPSA) is 76.4 Å². The van der Waals surface area contributed by atoms with Crippen LogP contribution in [0.3, 0.4) is 0 Å². The fourth-order valence-electron chi connectivity index (χ4n) is 2.54. The van der Waals surface area contributed by atoms with Crippen molar-refractivity contribution in [1.82, 2.24) is 0 Å². The van der Waals surface area contributed by atoms with Crippen LogP contribution in [0.1, 0.15) is 5.56 Å². The summed E-state index contributed by atoms with van der Waals surface area (Å²) >= 11 is 0. The summed E-state index contributed by atoms with van der Waals surface area (Å²) in [6, 6.07) is 16.0. The Kier molecular flexibility index (Phi) is 3.98. The number of fused-ring (bicyclic) bond motifs is 1. The Morgan fingerprint density at radius 3 is 2.70 bits per heavy atom. The number of nitriles is 1. The Hall–Kier alpha value is -3.26. The molecule has 2 aromatic rings. The lowest BCUT2D eigenvalue weighted by atomic mass is 10.2. The van der Waals surface area contributed by atoms with Gasteiger partial charge >= 0.3 is 0 Å². The third-order valence-electron chi connectivity index (χ3n) is 3.70. The molecule has 0 unspecified atom stereocenters. The molecule has 0 atom stereocenters. The van der Waals surface area contributed by atoms with Crippen LogP contribution in [-0.4, -0.2) is 17.6 Å². The summed E-state index contributed by atoms with van der Waals surface area (Å²) in [5.41, 5.74) is 2.79. The number of amides is 1. The van der Waals surface area contributed by atoms with E-state index in [4.69, 9.17) is 0 Å². The molecule has 0 aromatic heterocycles. The van der Waals surface area contributed by atoms with Gasteiger partial charge in [0.1, 0.15) is 17.4 Å². The minimum atomic E-state index is -0.470. The van der Waals surface area contributed by atoms with Crippen LogP contribution in [0.4, 0.5) is 11.4 Å². The molecule has 5 nitrogen and oxygen atoms in total. The molecule has 1 heterocycles. The van der Waals surface area contributed by atoms with Gasteiger partial charge in [-0.25, -0.2) is 0 Å². The molecule has 0 radical (unpaired) electrons. The number of para-hydroxylation sites is 1. The molecular weight excluding hydrogens is 290 g/mol. The van der Waals surface area contributed by atoms with Gasteiger partial charge in [-0.3, -0.25) is 4.79 Å². The lowest BCUT2D eigenvalue weighted by Gasteiger charge is -2.14. The van der Waals surface area contributed by atoms with Crippen LogP contribution in [0.25, 0.3) is 0 Å². The fourth-order valence-corrected chi connectivity index (χ4v) is 2.54. The Balaban J connectivity index is 1.79. The zero-order valence-corrected chi connectivity index (χ0v) is 12.4. The Morgan fingerprint density at radius 2 is 1.96 bits per heavy atom. The van der Waals surface area contributed by atoms with Crippen molar-refractivity contribution in [3.8, 4) is 11.8 Å². The predicted octanol–water partition coefficient (Wildman–Crippen LogP) is 2.80. The zero-order chi connectivity index (χ0) is 16.2. The number of nitrogens with one attached hydrogen (secondary N) is 1. The summed E-state index contributed by atoms with van der Waals surface area (Å²) in [7, 11) is 0. The van der Waals surface area contributed by atoms with Crippen molar-refractivity contribution in [2.24, 2.45) is 0 Å². The number of rotatable bonds is 3. The van der Waals surface area contributed by atoms with Gasteiger partial charge in [0.15, 0.2) is 0 Å². The molecule has 0 bridgehead atoms. The monoisotopic (exact) mass is 305 g/mol. The maximum Gasteiger partial charge on any atom is 0.267 e. The molecule has 5 heteroatoms. The molecule has 1 aliphatic heterocycles. The summed E-state index contributed by atoms with van der Waals surface area (Å²) in [5.74, 6) is -0.352. The van der Waals surface area contributed by atoms with Gasteiger partial charge in [0, 0.05) is 24.1 Å². The molecule has 2 aromatic carbocycles. The Morgan fingerprint density at radius 1 is 1.22 bits per heavy atom. The van der Waals surface area contributed by atoms with Crippen LogP contribution in [0.5, 0.6) is 5.75 Å². The van der Waals surface area contributed by atoms with Gasteiger partial charge in [0.25, 0.3) is 5.91 Å². The van der Waals surface area contributed by atoms with Gasteiger partial charge in [0.2, 0.25) is 0 Å². The van der Waals surface area contributed by atoms with Crippen molar-refractivity contribution in [1.29, 1.82) is 5.26 Å². The lowest BCUT2D eigenvalue weighted by molar-refractivity contribution is -0.112. The van der Waals surface area contributed by atoms with E-state index in [-0.39, 0.29) is 11.3 Å². The van der Waals surface area contributed by atoms with Crippen LogP contribution in [0.15, 0.2) is 60.3 Å². The second-order valence-electron chi connectivity index (χ2n) is 5.23. The molecule has 0 fully saturated rings. The molecule has 0 saturated heterocycles. The highest BCUT2D eigenvalue weighted by atomic mass is 16.3. The number of hydrogen-bond donors (Lipinski definition) is 2. The average molecular weight is 305 g/mol. The molecule has 0 saturated carbocycles. The summed E-state index contributed by atoms with van der Waals surface area (Å²) in [6.45, 7) is 0.747. The van der Waals surface area contributed by atoms with Crippen LogP contribution in [0, 0.1) is 11.3 Å². The number of carbonyl (C=O) groups excluding carboxylic acids is 1. The van der Waals surface area contributed by atoms with Crippen LogP contribution >= 0.6 is 0 Å². The van der Waals surface area contributed by atoms with E-state index < -0.39 is 5.91 Å². The van der Waals surface area contributed by atoms with Crippen molar-refractivity contribution in [3.63, 3.8) is 0 Å². The van der Waals surface area contributed by atoms with Gasteiger partial charge < -0.3 is 15.3 Å². The molecule has 3 rings (SSSR count). The first-order valence-corrected chi connectivity index (χ1v) is 7.24. The molecule has 114 valence electrons. The van der Waals surface area contributed by atoms with E-state index in [0.717, 1.165) is 18.7 Å². The van der Waals surface area contributed by atoms with Crippen molar-refractivity contribution in [3.05, 3.63) is 65.9 Å². The minimum Gasteiger partial charge on any atom is -0.508 e. The average Bonchev–Trinajstić information content (AvgIpc) is 2.97. The number of nitrogens with zero attached hydrogens (tertiary/aromatic N) is 2. The quantitative estimate of drug-likeness (QED) is 0.519. The second-order valence-corrected chi connectivity index (χ2v) is 5.23. The number of hydrogen-bond acceptors (Lipinski definition) is 4. The normalized spacial score (nSPS) is 13.3. The first-order valence-electron chi connectivity index (χ1n) is 7.24.